The summed E-state index contributed by atoms with van der Waals surface area (Å²) in [6.07, 6.45) is 40.8. The average Bonchev–Trinajstić information content (AvgIpc) is 2.96. The second-order valence-corrected chi connectivity index (χ2v) is 11.6. The molecule has 0 aromatic heterocycles. The van der Waals surface area contributed by atoms with Crippen molar-refractivity contribution in [3.05, 3.63) is 36.5 Å². The molecule has 0 aliphatic carbocycles. The summed E-state index contributed by atoms with van der Waals surface area (Å²) in [5, 5.41) is 22.8. The second kappa shape index (κ2) is 32.1. The van der Waals surface area contributed by atoms with Gasteiger partial charge in [0.25, 0.3) is 0 Å². The summed E-state index contributed by atoms with van der Waals surface area (Å²) in [5.74, 6) is -0.0859. The van der Waals surface area contributed by atoms with Gasteiger partial charge in [0, 0.05) is 6.42 Å². The number of carbonyl (C=O) groups is 1. The van der Waals surface area contributed by atoms with Crippen molar-refractivity contribution < 1.29 is 15.0 Å². The van der Waals surface area contributed by atoms with Crippen LogP contribution in [0.25, 0.3) is 0 Å². The Kier molecular flexibility index (Phi) is 31.0. The van der Waals surface area contributed by atoms with Crippen LogP contribution in [0.5, 0.6) is 0 Å². The Hall–Kier alpha value is -1.39. The van der Waals surface area contributed by atoms with E-state index in [1.165, 1.54) is 103 Å². The standard InChI is InChI=1S/C36H67NO3/c1-3-5-7-9-11-13-15-17-19-21-23-25-27-29-31-35(39)34(33-38)37-36(40)32-30-28-26-24-22-20-18-16-14-12-10-8-6-4-2/h16,18,21,23,29,31,34-35,38-39H,3-15,17,19-20,22,24-28,30,32-33H2,1-2H3,(H,37,40)/b18-16-,23-21+,31-29+. The topological polar surface area (TPSA) is 69.6 Å². The molecule has 0 heterocycles. The number of hydrogen-bond acceptors (Lipinski definition) is 3. The fourth-order valence-corrected chi connectivity index (χ4v) is 4.89. The Balaban J connectivity index is 3.72. The smallest absolute Gasteiger partial charge is 0.220 e. The molecule has 0 saturated carbocycles. The summed E-state index contributed by atoms with van der Waals surface area (Å²) in [6, 6.07) is -0.639. The Labute approximate surface area is 249 Å². The van der Waals surface area contributed by atoms with Crippen LogP contribution in [0.4, 0.5) is 0 Å². The molecule has 0 fully saturated rings. The molecular weight excluding hydrogens is 494 g/mol. The molecule has 0 aromatic carbocycles. The zero-order valence-electron chi connectivity index (χ0n) is 26.6. The van der Waals surface area contributed by atoms with Gasteiger partial charge in [-0.3, -0.25) is 4.79 Å². The first-order chi connectivity index (χ1) is 19.7. The number of amides is 1. The summed E-state index contributed by atoms with van der Waals surface area (Å²) in [5.41, 5.74) is 0. The lowest BCUT2D eigenvalue weighted by Gasteiger charge is -2.19. The quantitative estimate of drug-likeness (QED) is 0.0603. The molecule has 0 aliphatic rings. The molecule has 234 valence electrons. The highest BCUT2D eigenvalue weighted by Gasteiger charge is 2.17. The fraction of sp³-hybridized carbons (Fsp3) is 0.806. The van der Waals surface area contributed by atoms with Crippen molar-refractivity contribution in [3.8, 4) is 0 Å². The van der Waals surface area contributed by atoms with Crippen LogP contribution in [-0.2, 0) is 4.79 Å². The van der Waals surface area contributed by atoms with Gasteiger partial charge < -0.3 is 15.5 Å². The van der Waals surface area contributed by atoms with Gasteiger partial charge in [-0.25, -0.2) is 0 Å². The molecular formula is C36H67NO3. The molecule has 0 radical (unpaired) electrons. The van der Waals surface area contributed by atoms with Gasteiger partial charge in [0.15, 0.2) is 0 Å². The molecule has 4 nitrogen and oxygen atoms in total. The minimum atomic E-state index is -0.861. The molecule has 2 atom stereocenters. The lowest BCUT2D eigenvalue weighted by Crippen LogP contribution is -2.45. The van der Waals surface area contributed by atoms with Crippen LogP contribution < -0.4 is 5.32 Å². The van der Waals surface area contributed by atoms with Crippen LogP contribution in [0.2, 0.25) is 0 Å². The van der Waals surface area contributed by atoms with Gasteiger partial charge in [0.05, 0.1) is 18.8 Å². The van der Waals surface area contributed by atoms with Crippen LogP contribution in [0.15, 0.2) is 36.5 Å². The van der Waals surface area contributed by atoms with Crippen molar-refractivity contribution in [1.29, 1.82) is 0 Å². The number of allylic oxidation sites excluding steroid dienone is 5. The number of nitrogens with one attached hydrogen (secondary N) is 1. The van der Waals surface area contributed by atoms with E-state index in [0.29, 0.717) is 6.42 Å². The summed E-state index contributed by atoms with van der Waals surface area (Å²) in [6.45, 7) is 4.25. The SMILES string of the molecule is CCCCCCC/C=C\CCCCCCCC(=O)NC(CO)C(O)/C=C/CC/C=C/CCCCCCCCCC. The van der Waals surface area contributed by atoms with Crippen LogP contribution in [0.3, 0.4) is 0 Å². The van der Waals surface area contributed by atoms with E-state index in [-0.39, 0.29) is 12.5 Å². The molecule has 0 aromatic rings. The molecule has 0 spiro atoms. The van der Waals surface area contributed by atoms with Crippen molar-refractivity contribution in [1.82, 2.24) is 5.32 Å². The maximum atomic E-state index is 12.3. The number of aliphatic hydroxyl groups is 2. The van der Waals surface area contributed by atoms with Crippen LogP contribution >= 0.6 is 0 Å². The van der Waals surface area contributed by atoms with Crippen molar-refractivity contribution >= 4 is 5.91 Å². The van der Waals surface area contributed by atoms with Gasteiger partial charge in [0.1, 0.15) is 0 Å². The highest BCUT2D eigenvalue weighted by atomic mass is 16.3. The van der Waals surface area contributed by atoms with Crippen LogP contribution in [0, 0.1) is 0 Å². The zero-order valence-corrected chi connectivity index (χ0v) is 26.6. The van der Waals surface area contributed by atoms with Gasteiger partial charge in [-0.2, -0.15) is 0 Å². The predicted octanol–water partition coefficient (Wildman–Crippen LogP) is 9.90. The maximum absolute atomic E-state index is 12.3. The average molecular weight is 562 g/mol. The molecule has 4 heteroatoms. The molecule has 0 rings (SSSR count). The summed E-state index contributed by atoms with van der Waals surface area (Å²) >= 11 is 0. The minimum absolute atomic E-state index is 0.0859. The largest absolute Gasteiger partial charge is 0.394 e. The molecule has 0 bridgehead atoms. The molecule has 40 heavy (non-hydrogen) atoms. The number of hydrogen-bond donors (Lipinski definition) is 3. The lowest BCUT2D eigenvalue weighted by atomic mass is 10.1. The maximum Gasteiger partial charge on any atom is 0.220 e. The predicted molar refractivity (Wildman–Crippen MR) is 175 cm³/mol. The first-order valence-corrected chi connectivity index (χ1v) is 17.2. The van der Waals surface area contributed by atoms with Crippen molar-refractivity contribution in [3.63, 3.8) is 0 Å². The van der Waals surface area contributed by atoms with Crippen molar-refractivity contribution in [2.45, 2.75) is 180 Å². The van der Waals surface area contributed by atoms with E-state index in [2.05, 4.69) is 43.5 Å². The third kappa shape index (κ3) is 28.1. The monoisotopic (exact) mass is 562 g/mol. The van der Waals surface area contributed by atoms with E-state index >= 15 is 0 Å². The van der Waals surface area contributed by atoms with E-state index in [1.54, 1.807) is 6.08 Å². The van der Waals surface area contributed by atoms with Crippen LogP contribution in [0.1, 0.15) is 168 Å². The summed E-state index contributed by atoms with van der Waals surface area (Å²) in [7, 11) is 0. The van der Waals surface area contributed by atoms with E-state index in [1.807, 2.05) is 6.08 Å². The number of rotatable bonds is 30. The molecule has 1 amide bonds. The molecule has 0 aliphatic heterocycles. The molecule has 3 N–H and O–H groups in total. The number of aliphatic hydroxyl groups excluding tert-OH is 2. The zero-order chi connectivity index (χ0) is 29.4. The Morgan fingerprint density at radius 2 is 0.975 bits per heavy atom. The van der Waals surface area contributed by atoms with E-state index in [0.717, 1.165) is 44.9 Å². The first-order valence-electron chi connectivity index (χ1n) is 17.2. The van der Waals surface area contributed by atoms with Crippen molar-refractivity contribution in [2.75, 3.05) is 6.61 Å². The normalized spacial score (nSPS) is 13.6. The lowest BCUT2D eigenvalue weighted by molar-refractivity contribution is -0.123. The van der Waals surface area contributed by atoms with Gasteiger partial charge >= 0.3 is 0 Å². The Morgan fingerprint density at radius 1 is 0.575 bits per heavy atom. The molecule has 0 saturated heterocycles. The molecule has 2 unspecified atom stereocenters. The Morgan fingerprint density at radius 3 is 1.45 bits per heavy atom. The van der Waals surface area contributed by atoms with Gasteiger partial charge in [0.2, 0.25) is 5.91 Å². The third-order valence-electron chi connectivity index (χ3n) is 7.60. The Bertz CT molecular complexity index is 613. The van der Waals surface area contributed by atoms with Gasteiger partial charge in [-0.05, 0) is 57.8 Å². The highest BCUT2D eigenvalue weighted by molar-refractivity contribution is 5.76. The highest BCUT2D eigenvalue weighted by Crippen LogP contribution is 2.11. The van der Waals surface area contributed by atoms with Gasteiger partial charge in [-0.1, -0.05) is 140 Å². The summed E-state index contributed by atoms with van der Waals surface area (Å²) < 4.78 is 0. The number of unbranched alkanes of at least 4 members (excludes halogenated alkanes) is 19. The van der Waals surface area contributed by atoms with E-state index < -0.39 is 12.1 Å². The number of carbonyl (C=O) groups excluding carboxylic acids is 1. The van der Waals surface area contributed by atoms with Crippen molar-refractivity contribution in [2.24, 2.45) is 0 Å². The van der Waals surface area contributed by atoms with Gasteiger partial charge in [-0.15, -0.1) is 0 Å². The second-order valence-electron chi connectivity index (χ2n) is 11.6. The fourth-order valence-electron chi connectivity index (χ4n) is 4.89. The van der Waals surface area contributed by atoms with Crippen LogP contribution in [-0.4, -0.2) is 34.9 Å². The third-order valence-corrected chi connectivity index (χ3v) is 7.60. The minimum Gasteiger partial charge on any atom is -0.394 e. The van der Waals surface area contributed by atoms with E-state index in [4.69, 9.17) is 0 Å². The summed E-state index contributed by atoms with van der Waals surface area (Å²) in [4.78, 5) is 12.3. The first kappa shape index (κ1) is 38.6. The van der Waals surface area contributed by atoms with E-state index in [9.17, 15) is 15.0 Å².